The van der Waals surface area contributed by atoms with Crippen LogP contribution in [-0.2, 0) is 24.4 Å². The summed E-state index contributed by atoms with van der Waals surface area (Å²) in [6.07, 6.45) is 4.00. The van der Waals surface area contributed by atoms with Gasteiger partial charge in [-0.3, -0.25) is 9.69 Å². The van der Waals surface area contributed by atoms with Gasteiger partial charge in [-0.2, -0.15) is 0 Å². The van der Waals surface area contributed by atoms with E-state index in [1.54, 1.807) is 19.0 Å². The van der Waals surface area contributed by atoms with E-state index in [9.17, 15) is 4.79 Å². The summed E-state index contributed by atoms with van der Waals surface area (Å²) in [5, 5.41) is 6.51. The highest BCUT2D eigenvalue weighted by molar-refractivity contribution is 14.0. The smallest absolute Gasteiger partial charge is 0.241 e. The van der Waals surface area contributed by atoms with Crippen molar-refractivity contribution in [2.75, 3.05) is 33.7 Å². The molecule has 0 saturated carbocycles. The molecule has 1 aliphatic heterocycles. The summed E-state index contributed by atoms with van der Waals surface area (Å²) < 4.78 is 0. The van der Waals surface area contributed by atoms with Crippen LogP contribution in [0, 0.1) is 0 Å². The average molecular weight is 550 g/mol. The highest BCUT2D eigenvalue weighted by atomic mass is 127. The van der Waals surface area contributed by atoms with Crippen LogP contribution < -0.4 is 10.6 Å². The first kappa shape index (κ1) is 26.1. The average Bonchev–Trinajstić information content (AvgIpc) is 2.80. The van der Waals surface area contributed by atoms with Crippen LogP contribution in [0.25, 0.3) is 0 Å². The Kier molecular flexibility index (Phi) is 11.5. The third-order valence-electron chi connectivity index (χ3n) is 5.51. The van der Waals surface area contributed by atoms with Crippen molar-refractivity contribution in [1.82, 2.24) is 20.4 Å². The van der Waals surface area contributed by atoms with Crippen molar-refractivity contribution >= 4 is 35.8 Å². The summed E-state index contributed by atoms with van der Waals surface area (Å²) in [4.78, 5) is 20.7. The van der Waals surface area contributed by atoms with E-state index in [-0.39, 0.29) is 36.4 Å². The second kappa shape index (κ2) is 14.1. The third-order valence-corrected chi connectivity index (χ3v) is 5.51. The number of aliphatic imine (C=N–C) groups is 1. The van der Waals surface area contributed by atoms with Gasteiger partial charge >= 0.3 is 0 Å². The van der Waals surface area contributed by atoms with Gasteiger partial charge in [-0.05, 0) is 42.6 Å². The molecule has 0 spiro atoms. The van der Waals surface area contributed by atoms with Crippen LogP contribution in [0.1, 0.15) is 36.0 Å². The molecule has 0 bridgehead atoms. The van der Waals surface area contributed by atoms with E-state index < -0.39 is 0 Å². The van der Waals surface area contributed by atoms with E-state index in [1.807, 2.05) is 30.3 Å². The van der Waals surface area contributed by atoms with Crippen LogP contribution in [0.5, 0.6) is 0 Å². The molecular weight excluding hydrogens is 513 g/mol. The Morgan fingerprint density at radius 2 is 1.56 bits per heavy atom. The van der Waals surface area contributed by atoms with Gasteiger partial charge in [0.15, 0.2) is 5.96 Å². The molecule has 1 fully saturated rings. The largest absolute Gasteiger partial charge is 0.352 e. The predicted molar refractivity (Wildman–Crippen MR) is 142 cm³/mol. The molecule has 0 aromatic heterocycles. The molecule has 7 heteroatoms. The number of benzene rings is 2. The number of halogens is 1. The van der Waals surface area contributed by atoms with Crippen molar-refractivity contribution in [3.63, 3.8) is 0 Å². The van der Waals surface area contributed by atoms with Crippen LogP contribution in [0.3, 0.4) is 0 Å². The zero-order valence-electron chi connectivity index (χ0n) is 19.2. The minimum atomic E-state index is 0. The van der Waals surface area contributed by atoms with E-state index in [2.05, 4.69) is 44.8 Å². The van der Waals surface area contributed by atoms with E-state index in [1.165, 1.54) is 43.5 Å². The van der Waals surface area contributed by atoms with Crippen LogP contribution in [-0.4, -0.2) is 55.4 Å². The fourth-order valence-corrected chi connectivity index (χ4v) is 3.57. The molecule has 1 heterocycles. The molecule has 2 N–H and O–H groups in total. The molecule has 1 aliphatic rings. The first-order valence-electron chi connectivity index (χ1n) is 11.2. The molecule has 6 nitrogen and oxygen atoms in total. The van der Waals surface area contributed by atoms with Crippen LogP contribution in [0.2, 0.25) is 0 Å². The maximum Gasteiger partial charge on any atom is 0.241 e. The second-order valence-corrected chi connectivity index (χ2v) is 8.30. The lowest BCUT2D eigenvalue weighted by atomic mass is 10.1. The molecule has 2 aromatic carbocycles. The number of hydrogen-bond donors (Lipinski definition) is 2. The standard InChI is InChI=1S/C25H35N5O.HI/c1-29(2)24(31)19-28-25(26-17-21-9-5-3-6-10-21)27-18-22-11-13-23(14-12-22)20-30-15-7-4-8-16-30;/h3,5-6,9-14H,4,7-8,15-20H2,1-2H3,(H2,26,27,28);1H. The number of amides is 1. The zero-order valence-corrected chi connectivity index (χ0v) is 21.5. The fourth-order valence-electron chi connectivity index (χ4n) is 3.57. The molecule has 1 amide bonds. The van der Waals surface area contributed by atoms with Gasteiger partial charge in [-0.15, -0.1) is 24.0 Å². The van der Waals surface area contributed by atoms with Gasteiger partial charge in [-0.1, -0.05) is 61.0 Å². The van der Waals surface area contributed by atoms with Crippen molar-refractivity contribution in [2.45, 2.75) is 38.9 Å². The fraction of sp³-hybridized carbons (Fsp3) is 0.440. The number of likely N-dealkylation sites (tertiary alicyclic amines) is 1. The lowest BCUT2D eigenvalue weighted by Crippen LogP contribution is -2.42. The number of guanidine groups is 1. The summed E-state index contributed by atoms with van der Waals surface area (Å²) in [7, 11) is 3.51. The number of carbonyl (C=O) groups is 1. The van der Waals surface area contributed by atoms with Gasteiger partial charge in [-0.25, -0.2) is 4.99 Å². The molecule has 32 heavy (non-hydrogen) atoms. The van der Waals surface area contributed by atoms with E-state index in [0.29, 0.717) is 19.0 Å². The van der Waals surface area contributed by atoms with Crippen molar-refractivity contribution < 1.29 is 4.79 Å². The number of piperidine rings is 1. The zero-order chi connectivity index (χ0) is 21.9. The van der Waals surface area contributed by atoms with E-state index in [0.717, 1.165) is 12.1 Å². The lowest BCUT2D eigenvalue weighted by molar-refractivity contribution is -0.127. The number of hydrogen-bond acceptors (Lipinski definition) is 3. The molecule has 1 saturated heterocycles. The Balaban J connectivity index is 0.00000363. The van der Waals surface area contributed by atoms with E-state index in [4.69, 9.17) is 0 Å². The molecule has 0 radical (unpaired) electrons. The van der Waals surface area contributed by atoms with Crippen molar-refractivity contribution in [3.8, 4) is 0 Å². The summed E-state index contributed by atoms with van der Waals surface area (Å²) in [6.45, 7) is 4.87. The summed E-state index contributed by atoms with van der Waals surface area (Å²) in [5.74, 6) is 0.646. The quantitative estimate of drug-likeness (QED) is 0.300. The second-order valence-electron chi connectivity index (χ2n) is 8.30. The monoisotopic (exact) mass is 549 g/mol. The molecule has 3 rings (SSSR count). The number of nitrogens with zero attached hydrogens (tertiary/aromatic N) is 3. The minimum absolute atomic E-state index is 0. The van der Waals surface area contributed by atoms with Crippen LogP contribution in [0.15, 0.2) is 59.6 Å². The molecule has 0 atom stereocenters. The molecule has 2 aromatic rings. The summed E-state index contributed by atoms with van der Waals surface area (Å²) in [5.41, 5.74) is 3.68. The maximum atomic E-state index is 12.0. The molecule has 174 valence electrons. The molecule has 0 aliphatic carbocycles. The number of carbonyl (C=O) groups excluding carboxylic acids is 1. The lowest BCUT2D eigenvalue weighted by Gasteiger charge is -2.26. The molecular formula is C25H36IN5O. The number of rotatable bonds is 8. The number of likely N-dealkylation sites (N-methyl/N-ethyl adjacent to an activating group) is 1. The van der Waals surface area contributed by atoms with Crippen LogP contribution in [0.4, 0.5) is 0 Å². The Morgan fingerprint density at radius 1 is 0.906 bits per heavy atom. The minimum Gasteiger partial charge on any atom is -0.352 e. The molecule has 0 unspecified atom stereocenters. The topological polar surface area (TPSA) is 60.0 Å². The van der Waals surface area contributed by atoms with Gasteiger partial charge in [0.1, 0.15) is 0 Å². The Morgan fingerprint density at radius 3 is 2.22 bits per heavy atom. The number of nitrogens with one attached hydrogen (secondary N) is 2. The van der Waals surface area contributed by atoms with Gasteiger partial charge in [0.25, 0.3) is 0 Å². The highest BCUT2D eigenvalue weighted by Gasteiger charge is 2.10. The van der Waals surface area contributed by atoms with Gasteiger partial charge < -0.3 is 15.5 Å². The van der Waals surface area contributed by atoms with Crippen LogP contribution >= 0.6 is 24.0 Å². The van der Waals surface area contributed by atoms with Gasteiger partial charge in [0, 0.05) is 27.2 Å². The predicted octanol–water partition coefficient (Wildman–Crippen LogP) is 3.61. The normalized spacial score (nSPS) is 14.4. The Hall–Kier alpha value is -2.13. The van der Waals surface area contributed by atoms with Crippen molar-refractivity contribution in [1.29, 1.82) is 0 Å². The van der Waals surface area contributed by atoms with Crippen molar-refractivity contribution in [2.24, 2.45) is 4.99 Å². The van der Waals surface area contributed by atoms with Gasteiger partial charge in [0.2, 0.25) is 5.91 Å². The first-order valence-corrected chi connectivity index (χ1v) is 11.2. The summed E-state index contributed by atoms with van der Waals surface area (Å²) in [6, 6.07) is 18.9. The highest BCUT2D eigenvalue weighted by Crippen LogP contribution is 2.13. The van der Waals surface area contributed by atoms with Gasteiger partial charge in [0.05, 0.1) is 13.1 Å². The van der Waals surface area contributed by atoms with Crippen molar-refractivity contribution in [3.05, 3.63) is 71.3 Å². The maximum absolute atomic E-state index is 12.0. The Labute approximate surface area is 209 Å². The van der Waals surface area contributed by atoms with E-state index >= 15 is 0 Å². The third kappa shape index (κ3) is 9.16. The first-order chi connectivity index (χ1) is 15.1. The summed E-state index contributed by atoms with van der Waals surface area (Å²) >= 11 is 0. The Bertz CT molecular complexity index is 833. The SMILES string of the molecule is CN(C)C(=O)CNC(=NCc1ccccc1)NCc1ccc(CN2CCCCC2)cc1.I.